The largest absolute Gasteiger partial charge is 0.444 e. The molecule has 0 spiro atoms. The lowest BCUT2D eigenvalue weighted by Crippen LogP contribution is -2.45. The van der Waals surface area contributed by atoms with Crippen LogP contribution >= 0.6 is 0 Å². The van der Waals surface area contributed by atoms with Crippen LogP contribution in [0.2, 0.25) is 0 Å². The molecule has 112 valence electrons. The van der Waals surface area contributed by atoms with Gasteiger partial charge in [-0.25, -0.2) is 13.2 Å². The van der Waals surface area contributed by atoms with E-state index in [1.807, 2.05) is 0 Å². The molecule has 1 aliphatic rings. The van der Waals surface area contributed by atoms with Gasteiger partial charge >= 0.3 is 6.09 Å². The van der Waals surface area contributed by atoms with Gasteiger partial charge in [0.25, 0.3) is 0 Å². The minimum absolute atomic E-state index is 0.0233. The normalized spacial score (nSPS) is 27.4. The number of hydrogen-bond donors (Lipinski definition) is 2. The molecule has 1 saturated heterocycles. The van der Waals surface area contributed by atoms with Crippen molar-refractivity contribution in [2.75, 3.05) is 18.1 Å². The Labute approximate surface area is 115 Å². The third-order valence-corrected chi connectivity index (χ3v) is 4.83. The maximum Gasteiger partial charge on any atom is 0.407 e. The first-order chi connectivity index (χ1) is 8.63. The number of carbonyl (C=O) groups is 1. The number of hydrogen-bond acceptors (Lipinski definition) is 5. The molecule has 6 nitrogen and oxygen atoms in total. The van der Waals surface area contributed by atoms with Gasteiger partial charge in [0.1, 0.15) is 15.4 Å². The molecule has 19 heavy (non-hydrogen) atoms. The quantitative estimate of drug-likeness (QED) is 0.779. The van der Waals surface area contributed by atoms with Crippen LogP contribution < -0.4 is 11.1 Å². The van der Waals surface area contributed by atoms with Gasteiger partial charge in [0.2, 0.25) is 0 Å². The van der Waals surface area contributed by atoms with Crippen molar-refractivity contribution in [2.45, 2.75) is 45.3 Å². The maximum atomic E-state index is 11.7. The highest BCUT2D eigenvalue weighted by atomic mass is 32.2. The Hall–Kier alpha value is -0.820. The standard InChI is InChI=1S/C12H24N2O4S/c1-12(2,3)18-11(15)14-10-5-7-19(16,17)6-4-9(10)8-13/h9-10H,4-8,13H2,1-3H3,(H,14,15)/t9-,10-/m1/s1. The highest BCUT2D eigenvalue weighted by Crippen LogP contribution is 2.19. The average molecular weight is 292 g/mol. The Balaban J connectivity index is 2.66. The van der Waals surface area contributed by atoms with E-state index in [2.05, 4.69) is 5.32 Å². The average Bonchev–Trinajstić information content (AvgIpc) is 2.36. The summed E-state index contributed by atoms with van der Waals surface area (Å²) in [7, 11) is -3.01. The molecular formula is C12H24N2O4S. The second kappa shape index (κ2) is 6.09. The Morgan fingerprint density at radius 2 is 1.89 bits per heavy atom. The topological polar surface area (TPSA) is 98.5 Å². The van der Waals surface area contributed by atoms with Gasteiger partial charge in [-0.1, -0.05) is 0 Å². The molecule has 0 aromatic rings. The zero-order chi connectivity index (χ0) is 14.7. The highest BCUT2D eigenvalue weighted by molar-refractivity contribution is 7.91. The molecule has 0 unspecified atom stereocenters. The van der Waals surface area contributed by atoms with E-state index in [0.717, 1.165) is 0 Å². The molecule has 7 heteroatoms. The lowest BCUT2D eigenvalue weighted by Gasteiger charge is -2.26. The number of carbonyl (C=O) groups excluding carboxylic acids is 1. The second-order valence-electron chi connectivity index (χ2n) is 5.98. The molecule has 0 bridgehead atoms. The highest BCUT2D eigenvalue weighted by Gasteiger charge is 2.30. The first-order valence-corrected chi connectivity index (χ1v) is 8.35. The lowest BCUT2D eigenvalue weighted by molar-refractivity contribution is 0.0485. The van der Waals surface area contributed by atoms with Gasteiger partial charge < -0.3 is 15.8 Å². The molecule has 3 N–H and O–H groups in total. The Kier molecular flexibility index (Phi) is 5.20. The summed E-state index contributed by atoms with van der Waals surface area (Å²) in [4.78, 5) is 11.7. The summed E-state index contributed by atoms with van der Waals surface area (Å²) in [6, 6.07) is -0.239. The molecule has 1 aliphatic heterocycles. The van der Waals surface area contributed by atoms with Crippen LogP contribution in [0, 0.1) is 5.92 Å². The van der Waals surface area contributed by atoms with E-state index in [1.54, 1.807) is 20.8 Å². The minimum atomic E-state index is -3.01. The summed E-state index contributed by atoms with van der Waals surface area (Å²) in [5.74, 6) is 0.204. The summed E-state index contributed by atoms with van der Waals surface area (Å²) in [6.07, 6.45) is 0.359. The maximum absolute atomic E-state index is 11.7. The predicted octanol–water partition coefficient (Wildman–Crippen LogP) is 0.663. The zero-order valence-electron chi connectivity index (χ0n) is 11.8. The van der Waals surface area contributed by atoms with Gasteiger partial charge in [-0.3, -0.25) is 0 Å². The van der Waals surface area contributed by atoms with Crippen LogP contribution in [0.4, 0.5) is 4.79 Å². The number of amides is 1. The van der Waals surface area contributed by atoms with Gasteiger partial charge in [-0.05, 0) is 46.1 Å². The minimum Gasteiger partial charge on any atom is -0.444 e. The van der Waals surface area contributed by atoms with E-state index in [9.17, 15) is 13.2 Å². The van der Waals surface area contributed by atoms with E-state index in [0.29, 0.717) is 19.4 Å². The van der Waals surface area contributed by atoms with E-state index in [4.69, 9.17) is 10.5 Å². The van der Waals surface area contributed by atoms with Crippen molar-refractivity contribution in [2.24, 2.45) is 11.7 Å². The first-order valence-electron chi connectivity index (χ1n) is 6.53. The van der Waals surface area contributed by atoms with Crippen LogP contribution in [-0.2, 0) is 14.6 Å². The molecule has 0 radical (unpaired) electrons. The number of nitrogens with one attached hydrogen (secondary N) is 1. The van der Waals surface area contributed by atoms with Crippen molar-refractivity contribution in [1.82, 2.24) is 5.32 Å². The summed E-state index contributed by atoms with van der Waals surface area (Å²) in [5.41, 5.74) is 5.10. The SMILES string of the molecule is CC(C)(C)OC(=O)N[C@@H]1CCS(=O)(=O)CC[C@@H]1CN. The molecule has 1 heterocycles. The van der Waals surface area contributed by atoms with Crippen molar-refractivity contribution >= 4 is 15.9 Å². The van der Waals surface area contributed by atoms with Gasteiger partial charge in [0.05, 0.1) is 11.5 Å². The van der Waals surface area contributed by atoms with Crippen LogP contribution in [0.25, 0.3) is 0 Å². The molecule has 0 aliphatic carbocycles. The Morgan fingerprint density at radius 3 is 2.42 bits per heavy atom. The van der Waals surface area contributed by atoms with Crippen LogP contribution in [0.15, 0.2) is 0 Å². The van der Waals surface area contributed by atoms with Crippen LogP contribution in [0.5, 0.6) is 0 Å². The Bertz CT molecular complexity index is 414. The van der Waals surface area contributed by atoms with Crippen molar-refractivity contribution < 1.29 is 17.9 Å². The van der Waals surface area contributed by atoms with Crippen molar-refractivity contribution in [3.8, 4) is 0 Å². The number of rotatable bonds is 2. The van der Waals surface area contributed by atoms with Gasteiger partial charge in [-0.2, -0.15) is 0 Å². The fourth-order valence-corrected chi connectivity index (χ4v) is 3.59. The van der Waals surface area contributed by atoms with E-state index in [-0.39, 0.29) is 23.5 Å². The van der Waals surface area contributed by atoms with Crippen molar-refractivity contribution in [1.29, 1.82) is 0 Å². The van der Waals surface area contributed by atoms with Crippen LogP contribution in [-0.4, -0.2) is 44.2 Å². The molecule has 1 amide bonds. The number of sulfone groups is 1. The molecule has 0 saturated carbocycles. The summed E-state index contributed by atoms with van der Waals surface area (Å²) in [5, 5.41) is 2.75. The smallest absolute Gasteiger partial charge is 0.407 e. The van der Waals surface area contributed by atoms with Crippen LogP contribution in [0.3, 0.4) is 0 Å². The Morgan fingerprint density at radius 1 is 1.32 bits per heavy atom. The molecule has 2 atom stereocenters. The molecule has 0 aromatic heterocycles. The van der Waals surface area contributed by atoms with Crippen molar-refractivity contribution in [3.05, 3.63) is 0 Å². The van der Waals surface area contributed by atoms with Crippen LogP contribution in [0.1, 0.15) is 33.6 Å². The number of alkyl carbamates (subject to hydrolysis) is 1. The van der Waals surface area contributed by atoms with Crippen molar-refractivity contribution in [3.63, 3.8) is 0 Å². The zero-order valence-corrected chi connectivity index (χ0v) is 12.6. The monoisotopic (exact) mass is 292 g/mol. The van der Waals surface area contributed by atoms with Gasteiger partial charge in [-0.15, -0.1) is 0 Å². The number of nitrogens with two attached hydrogens (primary N) is 1. The van der Waals surface area contributed by atoms with E-state index in [1.165, 1.54) is 0 Å². The summed E-state index contributed by atoms with van der Waals surface area (Å²) < 4.78 is 28.4. The fourth-order valence-electron chi connectivity index (χ4n) is 2.11. The molecule has 0 aromatic carbocycles. The van der Waals surface area contributed by atoms with Gasteiger partial charge in [0, 0.05) is 6.04 Å². The molecule has 1 rings (SSSR count). The summed E-state index contributed by atoms with van der Waals surface area (Å²) >= 11 is 0. The second-order valence-corrected chi connectivity index (χ2v) is 8.28. The first kappa shape index (κ1) is 16.2. The van der Waals surface area contributed by atoms with Gasteiger partial charge in [0.15, 0.2) is 0 Å². The third kappa shape index (κ3) is 5.78. The third-order valence-electron chi connectivity index (χ3n) is 3.11. The number of ether oxygens (including phenoxy) is 1. The summed E-state index contributed by atoms with van der Waals surface area (Å²) in [6.45, 7) is 5.70. The molecular weight excluding hydrogens is 268 g/mol. The van der Waals surface area contributed by atoms with E-state index < -0.39 is 21.5 Å². The van der Waals surface area contributed by atoms with E-state index >= 15 is 0 Å². The fraction of sp³-hybridized carbons (Fsp3) is 0.917. The lowest BCUT2D eigenvalue weighted by atomic mass is 9.95. The predicted molar refractivity (Wildman–Crippen MR) is 73.6 cm³/mol. The molecule has 1 fully saturated rings.